The summed E-state index contributed by atoms with van der Waals surface area (Å²) < 4.78 is 0. The van der Waals surface area contributed by atoms with E-state index in [1.807, 2.05) is 6.07 Å². The molecule has 0 aliphatic carbocycles. The third-order valence-corrected chi connectivity index (χ3v) is 3.39. The van der Waals surface area contributed by atoms with Crippen molar-refractivity contribution in [2.45, 2.75) is 39.8 Å². The maximum Gasteiger partial charge on any atom is 0.131 e. The van der Waals surface area contributed by atoms with Gasteiger partial charge < -0.3 is 10.6 Å². The van der Waals surface area contributed by atoms with Crippen LogP contribution in [0.15, 0.2) is 36.7 Å². The normalized spacial score (nSPS) is 11.9. The van der Waals surface area contributed by atoms with Crippen LogP contribution in [0.5, 0.6) is 0 Å². The maximum absolute atomic E-state index is 4.26. The summed E-state index contributed by atoms with van der Waals surface area (Å²) in [6.45, 7) is 7.18. The Hall–Kier alpha value is -2.10. The number of nitrogens with zero attached hydrogens (tertiary/aromatic N) is 2. The number of rotatable bonds is 6. The fraction of sp³-hybridized carbons (Fsp3) is 0.375. The topological polar surface area (TPSA) is 49.8 Å². The van der Waals surface area contributed by atoms with E-state index in [4.69, 9.17) is 0 Å². The molecule has 2 rings (SSSR count). The monoisotopic (exact) mass is 270 g/mol. The Bertz CT molecular complexity index is 554. The van der Waals surface area contributed by atoms with Crippen molar-refractivity contribution in [3.63, 3.8) is 0 Å². The SMILES string of the molecule is CCC(C)Nc1cc(NCc2ccccc2C)ncn1. The second-order valence-corrected chi connectivity index (χ2v) is 5.02. The minimum Gasteiger partial charge on any atom is -0.367 e. The largest absolute Gasteiger partial charge is 0.367 e. The predicted molar refractivity (Wildman–Crippen MR) is 83.9 cm³/mol. The number of anilines is 2. The summed E-state index contributed by atoms with van der Waals surface area (Å²) in [5.41, 5.74) is 2.56. The van der Waals surface area contributed by atoms with Gasteiger partial charge in [-0.3, -0.25) is 0 Å². The highest BCUT2D eigenvalue weighted by atomic mass is 15.1. The Balaban J connectivity index is 2.00. The van der Waals surface area contributed by atoms with Gasteiger partial charge in [-0.2, -0.15) is 0 Å². The number of aryl methyl sites for hydroxylation is 1. The molecule has 1 aromatic heterocycles. The number of benzene rings is 1. The first-order valence-electron chi connectivity index (χ1n) is 7.06. The molecular weight excluding hydrogens is 248 g/mol. The second-order valence-electron chi connectivity index (χ2n) is 5.02. The highest BCUT2D eigenvalue weighted by Crippen LogP contribution is 2.13. The summed E-state index contributed by atoms with van der Waals surface area (Å²) in [5.74, 6) is 1.70. The van der Waals surface area contributed by atoms with E-state index in [0.717, 1.165) is 24.6 Å². The molecule has 2 aromatic rings. The zero-order valence-electron chi connectivity index (χ0n) is 12.4. The molecule has 1 heterocycles. The van der Waals surface area contributed by atoms with Crippen molar-refractivity contribution in [2.75, 3.05) is 10.6 Å². The van der Waals surface area contributed by atoms with Crippen LogP contribution in [-0.4, -0.2) is 16.0 Å². The van der Waals surface area contributed by atoms with E-state index in [1.165, 1.54) is 11.1 Å². The van der Waals surface area contributed by atoms with Crippen LogP contribution in [0.2, 0.25) is 0 Å². The van der Waals surface area contributed by atoms with E-state index in [-0.39, 0.29) is 0 Å². The Morgan fingerprint density at radius 1 is 1.15 bits per heavy atom. The van der Waals surface area contributed by atoms with Crippen molar-refractivity contribution in [3.8, 4) is 0 Å². The van der Waals surface area contributed by atoms with E-state index in [1.54, 1.807) is 6.33 Å². The van der Waals surface area contributed by atoms with Crippen LogP contribution in [0.4, 0.5) is 11.6 Å². The summed E-state index contributed by atoms with van der Waals surface area (Å²) >= 11 is 0. The van der Waals surface area contributed by atoms with E-state index in [9.17, 15) is 0 Å². The van der Waals surface area contributed by atoms with Gasteiger partial charge in [0.15, 0.2) is 0 Å². The fourth-order valence-corrected chi connectivity index (χ4v) is 1.88. The van der Waals surface area contributed by atoms with Crippen molar-refractivity contribution in [2.24, 2.45) is 0 Å². The zero-order valence-corrected chi connectivity index (χ0v) is 12.4. The smallest absolute Gasteiger partial charge is 0.131 e. The molecule has 0 radical (unpaired) electrons. The van der Waals surface area contributed by atoms with Crippen molar-refractivity contribution in [1.82, 2.24) is 9.97 Å². The molecule has 1 unspecified atom stereocenters. The number of nitrogens with one attached hydrogen (secondary N) is 2. The molecule has 1 atom stereocenters. The Morgan fingerprint density at radius 2 is 1.90 bits per heavy atom. The molecule has 0 aliphatic rings. The van der Waals surface area contributed by atoms with Gasteiger partial charge in [-0.05, 0) is 31.4 Å². The Labute approximate surface area is 120 Å². The highest BCUT2D eigenvalue weighted by molar-refractivity contribution is 5.47. The summed E-state index contributed by atoms with van der Waals surface area (Å²) in [5, 5.41) is 6.69. The van der Waals surface area contributed by atoms with Crippen LogP contribution in [0.1, 0.15) is 31.4 Å². The molecule has 2 N–H and O–H groups in total. The first kappa shape index (κ1) is 14.3. The minimum atomic E-state index is 0.411. The quantitative estimate of drug-likeness (QED) is 0.842. The van der Waals surface area contributed by atoms with E-state index in [0.29, 0.717) is 6.04 Å². The summed E-state index contributed by atoms with van der Waals surface area (Å²) in [4.78, 5) is 8.49. The second kappa shape index (κ2) is 6.89. The van der Waals surface area contributed by atoms with Crippen LogP contribution in [0, 0.1) is 6.92 Å². The first-order valence-corrected chi connectivity index (χ1v) is 7.06. The van der Waals surface area contributed by atoms with Gasteiger partial charge in [0.25, 0.3) is 0 Å². The Morgan fingerprint density at radius 3 is 2.65 bits per heavy atom. The molecular formula is C16H22N4. The number of hydrogen-bond donors (Lipinski definition) is 2. The average Bonchev–Trinajstić information content (AvgIpc) is 2.47. The summed E-state index contributed by atoms with van der Waals surface area (Å²) in [6, 6.07) is 10.7. The lowest BCUT2D eigenvalue weighted by molar-refractivity contribution is 0.758. The van der Waals surface area contributed by atoms with Gasteiger partial charge in [0.1, 0.15) is 18.0 Å². The molecule has 4 nitrogen and oxygen atoms in total. The van der Waals surface area contributed by atoms with Crippen molar-refractivity contribution in [1.29, 1.82) is 0 Å². The molecule has 1 aromatic carbocycles. The third kappa shape index (κ3) is 3.95. The maximum atomic E-state index is 4.26. The highest BCUT2D eigenvalue weighted by Gasteiger charge is 2.03. The number of aromatic nitrogens is 2. The van der Waals surface area contributed by atoms with Gasteiger partial charge in [0.2, 0.25) is 0 Å². The van der Waals surface area contributed by atoms with Gasteiger partial charge in [-0.15, -0.1) is 0 Å². The van der Waals surface area contributed by atoms with Crippen LogP contribution >= 0.6 is 0 Å². The first-order chi connectivity index (χ1) is 9.69. The molecule has 0 saturated heterocycles. The van der Waals surface area contributed by atoms with E-state index >= 15 is 0 Å². The molecule has 0 amide bonds. The molecule has 0 aliphatic heterocycles. The molecule has 0 saturated carbocycles. The molecule has 0 spiro atoms. The van der Waals surface area contributed by atoms with Crippen molar-refractivity contribution < 1.29 is 0 Å². The third-order valence-electron chi connectivity index (χ3n) is 3.39. The molecule has 20 heavy (non-hydrogen) atoms. The van der Waals surface area contributed by atoms with Crippen molar-refractivity contribution in [3.05, 3.63) is 47.8 Å². The lowest BCUT2D eigenvalue weighted by atomic mass is 10.1. The van der Waals surface area contributed by atoms with Gasteiger partial charge in [-0.25, -0.2) is 9.97 Å². The zero-order chi connectivity index (χ0) is 14.4. The lowest BCUT2D eigenvalue weighted by Gasteiger charge is -2.13. The van der Waals surface area contributed by atoms with Gasteiger partial charge in [0.05, 0.1) is 0 Å². The van der Waals surface area contributed by atoms with E-state index < -0.39 is 0 Å². The predicted octanol–water partition coefficient (Wildman–Crippen LogP) is 3.61. The number of hydrogen-bond acceptors (Lipinski definition) is 4. The average molecular weight is 270 g/mol. The Kier molecular flexibility index (Phi) is 4.93. The van der Waals surface area contributed by atoms with Crippen LogP contribution in [-0.2, 0) is 6.54 Å². The van der Waals surface area contributed by atoms with Crippen LogP contribution in [0.25, 0.3) is 0 Å². The summed E-state index contributed by atoms with van der Waals surface area (Å²) in [7, 11) is 0. The molecule has 4 heteroatoms. The molecule has 0 fully saturated rings. The lowest BCUT2D eigenvalue weighted by Crippen LogP contribution is -2.15. The van der Waals surface area contributed by atoms with Gasteiger partial charge >= 0.3 is 0 Å². The standard InChI is InChI=1S/C16H22N4/c1-4-13(3)20-16-9-15(18-11-19-16)17-10-14-8-6-5-7-12(14)2/h5-9,11,13H,4,10H2,1-3H3,(H2,17,18,19,20). The van der Waals surface area contributed by atoms with Gasteiger partial charge in [0, 0.05) is 18.7 Å². The minimum absolute atomic E-state index is 0.411. The van der Waals surface area contributed by atoms with Gasteiger partial charge in [-0.1, -0.05) is 31.2 Å². The fourth-order valence-electron chi connectivity index (χ4n) is 1.88. The molecule has 0 bridgehead atoms. The van der Waals surface area contributed by atoms with Crippen LogP contribution < -0.4 is 10.6 Å². The molecule has 106 valence electrons. The van der Waals surface area contributed by atoms with Crippen molar-refractivity contribution >= 4 is 11.6 Å². The van der Waals surface area contributed by atoms with E-state index in [2.05, 4.69) is 65.6 Å². The summed E-state index contributed by atoms with van der Waals surface area (Å²) in [6.07, 6.45) is 2.65. The van der Waals surface area contributed by atoms with Crippen LogP contribution in [0.3, 0.4) is 0 Å².